The molecule has 0 bridgehead atoms. The summed E-state index contributed by atoms with van der Waals surface area (Å²) in [5.74, 6) is -1.88. The first-order valence-electron chi connectivity index (χ1n) is 5.43. The van der Waals surface area contributed by atoms with E-state index in [1.54, 1.807) is 6.07 Å². The Morgan fingerprint density at radius 3 is 2.40 bits per heavy atom. The van der Waals surface area contributed by atoms with Crippen LogP contribution in [0.15, 0.2) is 30.3 Å². The summed E-state index contributed by atoms with van der Waals surface area (Å²) in [4.78, 5) is 11.1. The van der Waals surface area contributed by atoms with Crippen molar-refractivity contribution in [2.24, 2.45) is 0 Å². The Bertz CT molecular complexity index is 669. The lowest BCUT2D eigenvalue weighted by atomic mass is 10.1. The average molecular weight is 315 g/mol. The van der Waals surface area contributed by atoms with Gasteiger partial charge in [0.1, 0.15) is 0 Å². The number of nitrogens with one attached hydrogen (secondary N) is 1. The fraction of sp³-hybridized carbons (Fsp3) is 0. The van der Waals surface area contributed by atoms with Gasteiger partial charge in [-0.25, -0.2) is 9.18 Å². The third kappa shape index (κ3) is 2.79. The topological polar surface area (TPSA) is 75.4 Å². The summed E-state index contributed by atoms with van der Waals surface area (Å²) in [5.41, 5.74) is 6.50. The van der Waals surface area contributed by atoms with Crippen molar-refractivity contribution >= 4 is 46.2 Å². The van der Waals surface area contributed by atoms with Crippen LogP contribution in [0, 0.1) is 5.82 Å². The zero-order valence-corrected chi connectivity index (χ0v) is 11.5. The van der Waals surface area contributed by atoms with E-state index in [-0.39, 0.29) is 27.0 Å². The van der Waals surface area contributed by atoms with Gasteiger partial charge in [-0.2, -0.15) is 0 Å². The van der Waals surface area contributed by atoms with Crippen LogP contribution in [0.3, 0.4) is 0 Å². The number of hydrogen-bond donors (Lipinski definition) is 3. The minimum Gasteiger partial charge on any atom is -0.478 e. The van der Waals surface area contributed by atoms with E-state index in [1.807, 2.05) is 0 Å². The van der Waals surface area contributed by atoms with Crippen molar-refractivity contribution in [2.45, 2.75) is 0 Å². The van der Waals surface area contributed by atoms with E-state index >= 15 is 0 Å². The Morgan fingerprint density at radius 1 is 1.25 bits per heavy atom. The summed E-state index contributed by atoms with van der Waals surface area (Å²) < 4.78 is 13.3. The molecular formula is C13H9Cl2FN2O2. The highest BCUT2D eigenvalue weighted by Gasteiger charge is 2.14. The minimum atomic E-state index is -1.14. The molecule has 0 saturated carbocycles. The molecule has 0 radical (unpaired) electrons. The number of halogens is 3. The van der Waals surface area contributed by atoms with Crippen LogP contribution in [0.1, 0.15) is 10.4 Å². The predicted molar refractivity (Wildman–Crippen MR) is 77.5 cm³/mol. The van der Waals surface area contributed by atoms with Crippen LogP contribution in [0.5, 0.6) is 0 Å². The number of hydrogen-bond acceptors (Lipinski definition) is 3. The van der Waals surface area contributed by atoms with E-state index in [4.69, 9.17) is 34.0 Å². The third-order valence-corrected chi connectivity index (χ3v) is 3.13. The average Bonchev–Trinajstić information content (AvgIpc) is 2.38. The molecule has 0 atom stereocenters. The zero-order chi connectivity index (χ0) is 14.9. The molecule has 7 heteroatoms. The maximum atomic E-state index is 13.3. The van der Waals surface area contributed by atoms with Crippen molar-refractivity contribution < 1.29 is 14.3 Å². The number of carbonyl (C=O) groups is 1. The number of benzene rings is 2. The van der Waals surface area contributed by atoms with Crippen LogP contribution in [-0.4, -0.2) is 11.1 Å². The molecule has 4 nitrogen and oxygen atoms in total. The number of nitrogen functional groups attached to an aromatic ring is 1. The molecule has 0 amide bonds. The van der Waals surface area contributed by atoms with Crippen LogP contribution >= 0.6 is 23.2 Å². The zero-order valence-electron chi connectivity index (χ0n) is 9.95. The number of nitrogens with two attached hydrogens (primary N) is 1. The Hall–Kier alpha value is -1.98. The number of anilines is 3. The van der Waals surface area contributed by atoms with Crippen molar-refractivity contribution in [3.8, 4) is 0 Å². The van der Waals surface area contributed by atoms with E-state index in [9.17, 15) is 9.18 Å². The molecule has 0 fully saturated rings. The van der Waals surface area contributed by atoms with Gasteiger partial charge in [0.15, 0.2) is 5.82 Å². The second-order valence-electron chi connectivity index (χ2n) is 3.95. The first-order valence-corrected chi connectivity index (χ1v) is 6.19. The van der Waals surface area contributed by atoms with Gasteiger partial charge in [-0.05, 0) is 24.3 Å². The van der Waals surface area contributed by atoms with Gasteiger partial charge < -0.3 is 16.2 Å². The largest absolute Gasteiger partial charge is 0.478 e. The Kier molecular flexibility index (Phi) is 4.01. The number of rotatable bonds is 3. The monoisotopic (exact) mass is 314 g/mol. The first kappa shape index (κ1) is 14.4. The van der Waals surface area contributed by atoms with Crippen molar-refractivity contribution in [1.82, 2.24) is 0 Å². The summed E-state index contributed by atoms with van der Waals surface area (Å²) >= 11 is 11.4. The number of aromatic carboxylic acids is 1. The number of carboxylic acid groups (broad SMARTS) is 1. The lowest BCUT2D eigenvalue weighted by Gasteiger charge is -2.13. The number of carboxylic acids is 1. The molecular weight excluding hydrogens is 306 g/mol. The molecule has 0 spiro atoms. The smallest absolute Gasteiger partial charge is 0.337 e. The molecule has 104 valence electrons. The van der Waals surface area contributed by atoms with Crippen molar-refractivity contribution in [2.75, 3.05) is 11.1 Å². The molecule has 0 aromatic heterocycles. The van der Waals surface area contributed by atoms with Gasteiger partial charge in [-0.3, -0.25) is 0 Å². The van der Waals surface area contributed by atoms with E-state index in [1.165, 1.54) is 24.3 Å². The molecule has 0 aliphatic heterocycles. The standard InChI is InChI=1S/C13H9Cl2FN2O2/c14-8-4-6(5-9(15)11(8)16)18-12-7(13(19)20)2-1-3-10(12)17/h1-5,18H,17H2,(H,19,20). The molecule has 4 N–H and O–H groups in total. The fourth-order valence-corrected chi connectivity index (χ4v) is 2.15. The van der Waals surface area contributed by atoms with Gasteiger partial charge in [0.05, 0.1) is 27.0 Å². The predicted octanol–water partition coefficient (Wildman–Crippen LogP) is 4.16. The maximum Gasteiger partial charge on any atom is 0.337 e. The van der Waals surface area contributed by atoms with Crippen LogP contribution in [-0.2, 0) is 0 Å². The lowest BCUT2D eigenvalue weighted by molar-refractivity contribution is 0.0698. The van der Waals surface area contributed by atoms with Crippen molar-refractivity contribution in [3.63, 3.8) is 0 Å². The van der Waals surface area contributed by atoms with Crippen LogP contribution in [0.4, 0.5) is 21.5 Å². The molecule has 20 heavy (non-hydrogen) atoms. The van der Waals surface area contributed by atoms with E-state index in [0.29, 0.717) is 5.69 Å². The quantitative estimate of drug-likeness (QED) is 0.587. The fourth-order valence-electron chi connectivity index (χ4n) is 1.66. The molecule has 2 rings (SSSR count). The minimum absolute atomic E-state index is 0.0124. The van der Waals surface area contributed by atoms with E-state index in [2.05, 4.69) is 5.32 Å². The molecule has 0 heterocycles. The Balaban J connectivity index is 2.47. The molecule has 0 aliphatic carbocycles. The molecule has 0 saturated heterocycles. The molecule has 2 aromatic carbocycles. The second kappa shape index (κ2) is 5.56. The van der Waals surface area contributed by atoms with E-state index in [0.717, 1.165) is 0 Å². The lowest BCUT2D eigenvalue weighted by Crippen LogP contribution is -2.05. The van der Waals surface area contributed by atoms with Crippen molar-refractivity contribution in [1.29, 1.82) is 0 Å². The summed E-state index contributed by atoms with van der Waals surface area (Å²) in [6, 6.07) is 7.05. The highest BCUT2D eigenvalue weighted by atomic mass is 35.5. The molecule has 0 unspecified atom stereocenters. The maximum absolute atomic E-state index is 13.3. The van der Waals surface area contributed by atoms with Gasteiger partial charge in [-0.15, -0.1) is 0 Å². The summed E-state index contributed by atoms with van der Waals surface area (Å²) in [5, 5.41) is 11.6. The van der Waals surface area contributed by atoms with Gasteiger partial charge >= 0.3 is 5.97 Å². The second-order valence-corrected chi connectivity index (χ2v) is 4.77. The number of para-hydroxylation sites is 1. The van der Waals surface area contributed by atoms with Gasteiger partial charge in [0.25, 0.3) is 0 Å². The van der Waals surface area contributed by atoms with Crippen molar-refractivity contribution in [3.05, 3.63) is 51.8 Å². The summed E-state index contributed by atoms with van der Waals surface area (Å²) in [6.45, 7) is 0. The summed E-state index contributed by atoms with van der Waals surface area (Å²) in [6.07, 6.45) is 0. The first-order chi connectivity index (χ1) is 9.40. The highest BCUT2D eigenvalue weighted by molar-refractivity contribution is 6.35. The molecule has 0 aliphatic rings. The Labute approximate surface area is 123 Å². The highest BCUT2D eigenvalue weighted by Crippen LogP contribution is 2.32. The Morgan fingerprint density at radius 2 is 1.85 bits per heavy atom. The normalized spacial score (nSPS) is 10.3. The van der Waals surface area contributed by atoms with Gasteiger partial charge in [-0.1, -0.05) is 29.3 Å². The third-order valence-electron chi connectivity index (χ3n) is 2.58. The van der Waals surface area contributed by atoms with Crippen LogP contribution < -0.4 is 11.1 Å². The SMILES string of the molecule is Nc1cccc(C(=O)O)c1Nc1cc(Cl)c(F)c(Cl)c1. The van der Waals surface area contributed by atoms with Gasteiger partial charge in [0, 0.05) is 5.69 Å². The van der Waals surface area contributed by atoms with Gasteiger partial charge in [0.2, 0.25) is 0 Å². The van der Waals surface area contributed by atoms with Crippen LogP contribution in [0.25, 0.3) is 0 Å². The van der Waals surface area contributed by atoms with E-state index < -0.39 is 11.8 Å². The van der Waals surface area contributed by atoms with Crippen LogP contribution in [0.2, 0.25) is 10.0 Å². The molecule has 2 aromatic rings. The summed E-state index contributed by atoms with van der Waals surface area (Å²) in [7, 11) is 0.